The first kappa shape index (κ1) is 19.3. The fourth-order valence-electron chi connectivity index (χ4n) is 3.88. The Morgan fingerprint density at radius 2 is 1.90 bits per heavy atom. The van der Waals surface area contributed by atoms with Crippen molar-refractivity contribution in [3.8, 4) is 11.5 Å². The predicted octanol–water partition coefficient (Wildman–Crippen LogP) is 0.618. The van der Waals surface area contributed by atoms with Crippen LogP contribution in [0, 0.1) is 19.8 Å². The third-order valence-electron chi connectivity index (χ3n) is 5.84. The van der Waals surface area contributed by atoms with Crippen molar-refractivity contribution in [2.45, 2.75) is 26.8 Å². The maximum absolute atomic E-state index is 12.6. The van der Waals surface area contributed by atoms with Crippen LogP contribution in [0.2, 0.25) is 0 Å². The molecule has 4 rings (SSSR count). The number of aryl methyl sites for hydroxylation is 2. The molecule has 152 valence electrons. The number of nitrogens with zero attached hydrogens (tertiary/aromatic N) is 5. The maximum atomic E-state index is 12.6. The van der Waals surface area contributed by atoms with Crippen molar-refractivity contribution >= 4 is 17.0 Å². The highest BCUT2D eigenvalue weighted by molar-refractivity contribution is 5.81. The van der Waals surface area contributed by atoms with E-state index < -0.39 is 17.2 Å². The molecule has 3 heterocycles. The lowest BCUT2D eigenvalue weighted by molar-refractivity contribution is -0.141. The molecule has 0 amide bonds. The number of fused-ring (bicyclic) bond motifs is 2. The minimum atomic E-state index is -0.771. The molecule has 9 heteroatoms. The zero-order chi connectivity index (χ0) is 20.9. The molecule has 3 aliphatic heterocycles. The van der Waals surface area contributed by atoms with Gasteiger partial charge in [0.2, 0.25) is 0 Å². The molecular formula is C20H23N5O4. The molecule has 0 aromatic heterocycles. The first-order valence-corrected chi connectivity index (χ1v) is 9.60. The van der Waals surface area contributed by atoms with E-state index in [0.717, 1.165) is 21.2 Å². The molecule has 1 aromatic carbocycles. The number of hydrogen-bond donors (Lipinski definition) is 1. The fourth-order valence-corrected chi connectivity index (χ4v) is 3.88. The molecule has 0 bridgehead atoms. The Bertz CT molecular complexity index is 1210. The van der Waals surface area contributed by atoms with Gasteiger partial charge in [-0.15, -0.1) is 0 Å². The molecule has 1 saturated heterocycles. The van der Waals surface area contributed by atoms with Gasteiger partial charge in [0.15, 0.2) is 11.5 Å². The number of benzene rings is 1. The normalized spacial score (nSPS) is 17.4. The van der Waals surface area contributed by atoms with Gasteiger partial charge in [-0.1, -0.05) is 0 Å². The second kappa shape index (κ2) is 7.07. The lowest BCUT2D eigenvalue weighted by Gasteiger charge is -2.21. The minimum Gasteiger partial charge on any atom is -0.481 e. The van der Waals surface area contributed by atoms with Crippen molar-refractivity contribution in [1.29, 1.82) is 0 Å². The van der Waals surface area contributed by atoms with Crippen LogP contribution in [-0.4, -0.2) is 54.7 Å². The van der Waals surface area contributed by atoms with Crippen LogP contribution < -0.4 is 11.2 Å². The monoisotopic (exact) mass is 397 g/mol. The summed E-state index contributed by atoms with van der Waals surface area (Å²) >= 11 is 0. The van der Waals surface area contributed by atoms with E-state index in [1.807, 2.05) is 30.5 Å². The highest BCUT2D eigenvalue weighted by Crippen LogP contribution is 2.24. The molecule has 1 atom stereocenters. The van der Waals surface area contributed by atoms with Gasteiger partial charge in [0.05, 0.1) is 17.0 Å². The summed E-state index contributed by atoms with van der Waals surface area (Å²) in [7, 11) is 1.39. The minimum absolute atomic E-state index is 0.160. The van der Waals surface area contributed by atoms with E-state index >= 15 is 0 Å². The van der Waals surface area contributed by atoms with E-state index in [1.54, 1.807) is 0 Å². The summed E-state index contributed by atoms with van der Waals surface area (Å²) in [5, 5.41) is 9.22. The molecule has 3 aliphatic rings. The molecule has 0 radical (unpaired) electrons. The van der Waals surface area contributed by atoms with Crippen LogP contribution in [0.5, 0.6) is 0 Å². The van der Waals surface area contributed by atoms with Gasteiger partial charge < -0.3 is 14.6 Å². The van der Waals surface area contributed by atoms with Crippen LogP contribution in [0.25, 0.3) is 22.6 Å². The van der Waals surface area contributed by atoms with Crippen molar-refractivity contribution in [2.75, 3.05) is 19.6 Å². The molecule has 0 aliphatic carbocycles. The van der Waals surface area contributed by atoms with E-state index in [1.165, 1.54) is 7.05 Å². The topological polar surface area (TPSA) is 110 Å². The van der Waals surface area contributed by atoms with Gasteiger partial charge in [0, 0.05) is 26.7 Å². The van der Waals surface area contributed by atoms with E-state index in [2.05, 4.69) is 14.9 Å². The summed E-state index contributed by atoms with van der Waals surface area (Å²) in [6, 6.07) is 3.92. The molecule has 29 heavy (non-hydrogen) atoms. The van der Waals surface area contributed by atoms with Crippen LogP contribution in [0.4, 0.5) is 0 Å². The van der Waals surface area contributed by atoms with Crippen molar-refractivity contribution in [3.63, 3.8) is 0 Å². The van der Waals surface area contributed by atoms with Gasteiger partial charge in [-0.2, -0.15) is 4.98 Å². The van der Waals surface area contributed by atoms with Gasteiger partial charge in [-0.25, -0.2) is 9.78 Å². The average molecular weight is 397 g/mol. The average Bonchev–Trinajstić information content (AvgIpc) is 3.15. The molecule has 1 N–H and O–H groups in total. The number of rotatable bonds is 4. The second-order valence-electron chi connectivity index (χ2n) is 7.74. The highest BCUT2D eigenvalue weighted by atomic mass is 16.4. The Balaban J connectivity index is 1.83. The molecule has 1 fully saturated rings. The number of carboxylic acid groups (broad SMARTS) is 1. The molecular weight excluding hydrogens is 374 g/mol. The van der Waals surface area contributed by atoms with Crippen LogP contribution in [0.15, 0.2) is 21.7 Å². The SMILES string of the molecule is Cc1cc2nc3c(=O)n(C)c(=O)nc-3n(CCN3CCC(C(=O)O)C3)c2cc1C. The van der Waals surface area contributed by atoms with Crippen molar-refractivity contribution < 1.29 is 9.90 Å². The summed E-state index contributed by atoms with van der Waals surface area (Å²) in [6.45, 7) is 6.26. The molecule has 0 saturated carbocycles. The molecule has 1 unspecified atom stereocenters. The highest BCUT2D eigenvalue weighted by Gasteiger charge is 2.28. The van der Waals surface area contributed by atoms with Gasteiger partial charge in [-0.05, 0) is 50.1 Å². The Morgan fingerprint density at radius 1 is 1.17 bits per heavy atom. The lowest BCUT2D eigenvalue weighted by Crippen LogP contribution is -2.37. The molecule has 1 aromatic rings. The summed E-state index contributed by atoms with van der Waals surface area (Å²) in [6.07, 6.45) is 0.625. The Morgan fingerprint density at radius 3 is 2.59 bits per heavy atom. The summed E-state index contributed by atoms with van der Waals surface area (Å²) in [5.41, 5.74) is 2.68. The third-order valence-corrected chi connectivity index (χ3v) is 5.84. The van der Waals surface area contributed by atoms with Crippen molar-refractivity contribution in [1.82, 2.24) is 24.0 Å². The lowest BCUT2D eigenvalue weighted by atomic mass is 10.1. The first-order valence-electron chi connectivity index (χ1n) is 9.60. The maximum Gasteiger partial charge on any atom is 0.352 e. The third kappa shape index (κ3) is 3.31. The van der Waals surface area contributed by atoms with Gasteiger partial charge in [-0.3, -0.25) is 14.2 Å². The zero-order valence-electron chi connectivity index (χ0n) is 16.7. The van der Waals surface area contributed by atoms with Gasteiger partial charge in [0.25, 0.3) is 5.56 Å². The predicted molar refractivity (Wildman–Crippen MR) is 107 cm³/mol. The van der Waals surface area contributed by atoms with Crippen LogP contribution in [-0.2, 0) is 18.4 Å². The second-order valence-corrected chi connectivity index (χ2v) is 7.74. The standard InChI is InChI=1S/C20H23N5O4/c1-11-8-14-15(9-12(11)2)25(7-6-24-5-4-13(10-24)19(27)28)17-16(21-14)18(26)23(3)20(29)22-17/h8-9,13H,4-7,10H2,1-3H3,(H,27,28). The summed E-state index contributed by atoms with van der Waals surface area (Å²) < 4.78 is 2.82. The smallest absolute Gasteiger partial charge is 0.352 e. The van der Waals surface area contributed by atoms with Crippen LogP contribution in [0.1, 0.15) is 17.5 Å². The first-order chi connectivity index (χ1) is 13.8. The number of hydrogen-bond acceptors (Lipinski definition) is 6. The van der Waals surface area contributed by atoms with E-state index in [-0.39, 0.29) is 17.4 Å². The van der Waals surface area contributed by atoms with Crippen LogP contribution in [0.3, 0.4) is 0 Å². The number of carboxylic acids is 1. The molecule has 9 nitrogen and oxygen atoms in total. The van der Waals surface area contributed by atoms with Gasteiger partial charge in [0.1, 0.15) is 0 Å². The summed E-state index contributed by atoms with van der Waals surface area (Å²) in [4.78, 5) is 46.8. The Hall–Kier alpha value is -3.07. The molecule has 0 spiro atoms. The summed E-state index contributed by atoms with van der Waals surface area (Å²) in [5.74, 6) is -0.857. The van der Waals surface area contributed by atoms with Crippen molar-refractivity contribution in [2.24, 2.45) is 13.0 Å². The fraction of sp³-hybridized carbons (Fsp3) is 0.450. The van der Waals surface area contributed by atoms with Gasteiger partial charge >= 0.3 is 11.7 Å². The number of likely N-dealkylation sites (tertiary alicyclic amines) is 1. The van der Waals surface area contributed by atoms with E-state index in [4.69, 9.17) is 0 Å². The number of aromatic nitrogens is 4. The Labute approximate surface area is 166 Å². The number of carbonyl (C=O) groups is 1. The van der Waals surface area contributed by atoms with E-state index in [0.29, 0.717) is 38.1 Å². The largest absolute Gasteiger partial charge is 0.481 e. The number of aliphatic carboxylic acids is 1. The zero-order valence-corrected chi connectivity index (χ0v) is 16.7. The van der Waals surface area contributed by atoms with Crippen molar-refractivity contribution in [3.05, 3.63) is 44.1 Å². The van der Waals surface area contributed by atoms with E-state index in [9.17, 15) is 19.5 Å². The quantitative estimate of drug-likeness (QED) is 0.643. The Kier molecular flexibility index (Phi) is 4.70. The van der Waals surface area contributed by atoms with Crippen LogP contribution >= 0.6 is 0 Å².